The van der Waals surface area contributed by atoms with Crippen molar-refractivity contribution in [2.75, 3.05) is 5.73 Å². The van der Waals surface area contributed by atoms with Gasteiger partial charge in [0, 0.05) is 26.9 Å². The van der Waals surface area contributed by atoms with Gasteiger partial charge in [0.25, 0.3) is 0 Å². The van der Waals surface area contributed by atoms with Crippen LogP contribution < -0.4 is 5.73 Å². The van der Waals surface area contributed by atoms with Gasteiger partial charge in [-0.1, -0.05) is 12.1 Å². The second kappa shape index (κ2) is 2.51. The first-order valence-electron chi connectivity index (χ1n) is 4.31. The van der Waals surface area contributed by atoms with E-state index < -0.39 is 0 Å². The molecule has 1 heterocycles. The third-order valence-corrected chi connectivity index (χ3v) is 3.42. The molecule has 0 bridgehead atoms. The summed E-state index contributed by atoms with van der Waals surface area (Å²) in [6, 6.07) is 9.45. The summed E-state index contributed by atoms with van der Waals surface area (Å²) >= 11 is 1.28. The van der Waals surface area contributed by atoms with Crippen LogP contribution in [0.25, 0.3) is 10.8 Å². The zero-order valence-corrected chi connectivity index (χ0v) is 8.10. The molecule has 3 rings (SSSR count). The molecule has 0 spiro atoms. The molecule has 0 saturated carbocycles. The first kappa shape index (κ1) is 7.88. The lowest BCUT2D eigenvalue weighted by atomic mass is 10.0. The molecule has 2 aromatic carbocycles. The molecule has 0 amide bonds. The third-order valence-electron chi connectivity index (χ3n) is 2.46. The molecule has 2 N–H and O–H groups in total. The maximum atomic E-state index is 11.6. The van der Waals surface area contributed by atoms with E-state index in [9.17, 15) is 4.79 Å². The molecule has 1 aliphatic heterocycles. The molecule has 0 fully saturated rings. The Morgan fingerprint density at radius 2 is 2.00 bits per heavy atom. The summed E-state index contributed by atoms with van der Waals surface area (Å²) in [6.45, 7) is 0. The van der Waals surface area contributed by atoms with E-state index in [2.05, 4.69) is 0 Å². The van der Waals surface area contributed by atoms with Gasteiger partial charge in [-0.25, -0.2) is 0 Å². The summed E-state index contributed by atoms with van der Waals surface area (Å²) in [4.78, 5) is 12.6. The van der Waals surface area contributed by atoms with Gasteiger partial charge in [-0.05, 0) is 30.0 Å². The fourth-order valence-electron chi connectivity index (χ4n) is 1.81. The largest absolute Gasteiger partial charge is 0.398 e. The van der Waals surface area contributed by atoms with Gasteiger partial charge in [0.15, 0.2) is 0 Å². The molecular weight excluding hydrogens is 194 g/mol. The molecule has 0 saturated heterocycles. The quantitative estimate of drug-likeness (QED) is 0.666. The number of rotatable bonds is 0. The van der Waals surface area contributed by atoms with Gasteiger partial charge in [-0.15, -0.1) is 0 Å². The van der Waals surface area contributed by atoms with E-state index >= 15 is 0 Å². The van der Waals surface area contributed by atoms with Crippen LogP contribution in [0.2, 0.25) is 0 Å². The number of carbonyl (C=O) groups excluding carboxylic acids is 1. The van der Waals surface area contributed by atoms with E-state index in [0.29, 0.717) is 0 Å². The van der Waals surface area contributed by atoms with Crippen LogP contribution in [0.1, 0.15) is 10.4 Å². The summed E-state index contributed by atoms with van der Waals surface area (Å²) in [6.07, 6.45) is 0. The minimum Gasteiger partial charge on any atom is -0.398 e. The van der Waals surface area contributed by atoms with E-state index in [-0.39, 0.29) is 5.12 Å². The van der Waals surface area contributed by atoms with Crippen molar-refractivity contribution in [3.8, 4) is 0 Å². The number of hydrogen-bond donors (Lipinski definition) is 1. The molecule has 0 radical (unpaired) electrons. The zero-order valence-electron chi connectivity index (χ0n) is 7.28. The Kier molecular flexibility index (Phi) is 1.42. The normalized spacial score (nSPS) is 13.9. The maximum Gasteiger partial charge on any atom is 0.224 e. The van der Waals surface area contributed by atoms with Crippen LogP contribution >= 0.6 is 11.8 Å². The molecule has 0 aliphatic carbocycles. The minimum atomic E-state index is 0.121. The van der Waals surface area contributed by atoms with Gasteiger partial charge in [0.05, 0.1) is 0 Å². The van der Waals surface area contributed by atoms with Crippen molar-refractivity contribution in [2.24, 2.45) is 0 Å². The lowest BCUT2D eigenvalue weighted by Crippen LogP contribution is -1.89. The number of nitrogen functional groups attached to an aromatic ring is 1. The molecule has 0 atom stereocenters. The predicted octanol–water partition coefficient (Wildman–Crippen LogP) is 2.67. The van der Waals surface area contributed by atoms with Gasteiger partial charge in [0.1, 0.15) is 0 Å². The molecule has 0 unspecified atom stereocenters. The topological polar surface area (TPSA) is 43.1 Å². The highest BCUT2D eigenvalue weighted by Gasteiger charge is 2.22. The van der Waals surface area contributed by atoms with Crippen molar-refractivity contribution in [3.63, 3.8) is 0 Å². The van der Waals surface area contributed by atoms with Crippen molar-refractivity contribution < 1.29 is 4.79 Å². The van der Waals surface area contributed by atoms with Gasteiger partial charge in [-0.2, -0.15) is 0 Å². The highest BCUT2D eigenvalue weighted by molar-refractivity contribution is 8.14. The second-order valence-electron chi connectivity index (χ2n) is 3.27. The van der Waals surface area contributed by atoms with E-state index in [0.717, 1.165) is 26.9 Å². The lowest BCUT2D eigenvalue weighted by molar-refractivity contribution is 0.109. The number of anilines is 1. The Labute approximate surface area is 85.1 Å². The molecule has 3 heteroatoms. The molecule has 2 nitrogen and oxygen atoms in total. The van der Waals surface area contributed by atoms with Gasteiger partial charge < -0.3 is 5.73 Å². The van der Waals surface area contributed by atoms with Crippen LogP contribution in [0.4, 0.5) is 5.69 Å². The van der Waals surface area contributed by atoms with Crippen LogP contribution in [0.15, 0.2) is 35.2 Å². The van der Waals surface area contributed by atoms with Crippen molar-refractivity contribution in [1.82, 2.24) is 0 Å². The summed E-state index contributed by atoms with van der Waals surface area (Å²) in [7, 11) is 0. The summed E-state index contributed by atoms with van der Waals surface area (Å²) in [5, 5.41) is 2.12. The van der Waals surface area contributed by atoms with Crippen molar-refractivity contribution in [1.29, 1.82) is 0 Å². The Hall–Kier alpha value is -1.48. The summed E-state index contributed by atoms with van der Waals surface area (Å²) in [5.74, 6) is 0. The average Bonchev–Trinajstić information content (AvgIpc) is 2.52. The summed E-state index contributed by atoms with van der Waals surface area (Å²) < 4.78 is 0. The Morgan fingerprint density at radius 1 is 1.14 bits per heavy atom. The predicted molar refractivity (Wildman–Crippen MR) is 58.5 cm³/mol. The van der Waals surface area contributed by atoms with E-state index in [1.54, 1.807) is 0 Å². The van der Waals surface area contributed by atoms with Crippen LogP contribution in [0.5, 0.6) is 0 Å². The summed E-state index contributed by atoms with van der Waals surface area (Å²) in [5.41, 5.74) is 7.37. The van der Waals surface area contributed by atoms with Gasteiger partial charge >= 0.3 is 0 Å². The fourth-order valence-corrected chi connectivity index (χ4v) is 2.74. The first-order valence-corrected chi connectivity index (χ1v) is 5.12. The maximum absolute atomic E-state index is 11.6. The first-order chi connectivity index (χ1) is 6.77. The Balaban J connectivity index is 2.58. The van der Waals surface area contributed by atoms with Gasteiger partial charge in [0.2, 0.25) is 5.12 Å². The smallest absolute Gasteiger partial charge is 0.224 e. The third kappa shape index (κ3) is 0.849. The standard InChI is InChI=1S/C11H7NOS/c12-8-4-5-9-10-6(8)2-1-3-7(10)11(13)14-9/h1-5H,12H2. The van der Waals surface area contributed by atoms with Crippen LogP contribution in [0.3, 0.4) is 0 Å². The van der Waals surface area contributed by atoms with Crippen molar-refractivity contribution >= 4 is 33.3 Å². The lowest BCUT2D eigenvalue weighted by Gasteiger charge is -2.02. The number of nitrogens with two attached hydrogens (primary N) is 1. The molecule has 0 aromatic heterocycles. The number of benzene rings is 2. The van der Waals surface area contributed by atoms with Crippen molar-refractivity contribution in [3.05, 3.63) is 35.9 Å². The van der Waals surface area contributed by atoms with E-state index in [4.69, 9.17) is 5.73 Å². The number of hydrogen-bond acceptors (Lipinski definition) is 3. The average molecular weight is 201 g/mol. The molecule has 68 valence electrons. The van der Waals surface area contributed by atoms with Crippen LogP contribution in [-0.4, -0.2) is 5.12 Å². The van der Waals surface area contributed by atoms with E-state index in [1.807, 2.05) is 30.3 Å². The monoisotopic (exact) mass is 201 g/mol. The highest BCUT2D eigenvalue weighted by atomic mass is 32.2. The molecule has 1 aliphatic rings. The highest BCUT2D eigenvalue weighted by Crippen LogP contribution is 2.41. The molecule has 14 heavy (non-hydrogen) atoms. The molecular formula is C11H7NOS. The Morgan fingerprint density at radius 3 is 2.86 bits per heavy atom. The number of carbonyl (C=O) groups is 1. The van der Waals surface area contributed by atoms with Gasteiger partial charge in [-0.3, -0.25) is 4.79 Å². The SMILES string of the molecule is Nc1ccc2c3c(cccc13)C(=O)S2. The second-order valence-corrected chi connectivity index (χ2v) is 4.29. The fraction of sp³-hybridized carbons (Fsp3) is 0. The molecule has 2 aromatic rings. The number of thioether (sulfide) groups is 1. The van der Waals surface area contributed by atoms with E-state index in [1.165, 1.54) is 11.8 Å². The van der Waals surface area contributed by atoms with Crippen molar-refractivity contribution in [2.45, 2.75) is 4.90 Å². The van der Waals surface area contributed by atoms with Crippen LogP contribution in [-0.2, 0) is 0 Å². The van der Waals surface area contributed by atoms with Crippen LogP contribution in [0, 0.1) is 0 Å². The zero-order chi connectivity index (χ0) is 9.71. The Bertz CT molecular complexity index is 562. The minimum absolute atomic E-state index is 0.121.